The fraction of sp³-hybridized carbons (Fsp3) is 0.571. The minimum atomic E-state index is -0.601. The van der Waals surface area contributed by atoms with Crippen molar-refractivity contribution in [3.8, 4) is 17.3 Å². The topological polar surface area (TPSA) is 74.6 Å². The van der Waals surface area contributed by atoms with E-state index in [1.165, 1.54) is 5.56 Å². The van der Waals surface area contributed by atoms with Gasteiger partial charge in [-0.05, 0) is 53.1 Å². The van der Waals surface area contributed by atoms with Crippen molar-refractivity contribution in [3.05, 3.63) is 29.6 Å². The summed E-state index contributed by atoms with van der Waals surface area (Å²) in [5.41, 5.74) is 2.83. The van der Waals surface area contributed by atoms with Crippen molar-refractivity contribution in [1.82, 2.24) is 19.9 Å². The van der Waals surface area contributed by atoms with Crippen LogP contribution in [0.5, 0.6) is 5.75 Å². The third-order valence-electron chi connectivity index (χ3n) is 5.41. The van der Waals surface area contributed by atoms with E-state index in [2.05, 4.69) is 25.8 Å². The average molecular weight is 386 g/mol. The van der Waals surface area contributed by atoms with Crippen LogP contribution in [0, 0.1) is 0 Å². The van der Waals surface area contributed by atoms with Crippen molar-refractivity contribution < 1.29 is 9.84 Å². The molecule has 0 radical (unpaired) electrons. The van der Waals surface area contributed by atoms with Gasteiger partial charge in [-0.3, -0.25) is 9.88 Å². The molecule has 1 unspecified atom stereocenters. The largest absolute Gasteiger partial charge is 0.497 e. The fourth-order valence-electron chi connectivity index (χ4n) is 3.40. The molecule has 1 atom stereocenters. The quantitative estimate of drug-likeness (QED) is 0.766. The number of aliphatic hydroxyl groups excluding tert-OH is 1. The molecular weight excluding hydrogens is 354 g/mol. The highest BCUT2D eigenvalue weighted by Gasteiger charge is 2.27. The molecular formula is C21H31N5O2. The van der Waals surface area contributed by atoms with Gasteiger partial charge in [0.25, 0.3) is 0 Å². The summed E-state index contributed by atoms with van der Waals surface area (Å²) in [5, 5.41) is 10.7. The lowest BCUT2D eigenvalue weighted by molar-refractivity contribution is -0.0249. The standard InChI is InChI=1S/C21H31N5O2/c1-21(2,3)26(5)18(27)13-25(4)20-15-8-7-9-16(15)23-19(24-20)17-12-14(28-6)10-11-22-17/h10-12,18,27H,7-9,13H2,1-6H3. The van der Waals surface area contributed by atoms with Crippen LogP contribution in [-0.4, -0.2) is 64.5 Å². The fourth-order valence-corrected chi connectivity index (χ4v) is 3.40. The smallest absolute Gasteiger partial charge is 0.180 e. The Morgan fingerprint density at radius 3 is 2.64 bits per heavy atom. The van der Waals surface area contributed by atoms with Crippen LogP contribution < -0.4 is 9.64 Å². The van der Waals surface area contributed by atoms with E-state index in [-0.39, 0.29) is 5.54 Å². The molecule has 0 aromatic carbocycles. The Labute approximate surface area is 167 Å². The number of fused-ring (bicyclic) bond motifs is 1. The number of ether oxygens (including phenoxy) is 1. The van der Waals surface area contributed by atoms with Crippen LogP contribution in [-0.2, 0) is 12.8 Å². The van der Waals surface area contributed by atoms with Gasteiger partial charge in [0, 0.05) is 36.1 Å². The van der Waals surface area contributed by atoms with E-state index in [9.17, 15) is 5.11 Å². The second-order valence-corrected chi connectivity index (χ2v) is 8.37. The van der Waals surface area contributed by atoms with E-state index in [4.69, 9.17) is 14.7 Å². The first-order chi connectivity index (χ1) is 13.2. The van der Waals surface area contributed by atoms with E-state index in [0.29, 0.717) is 18.1 Å². The average Bonchev–Trinajstić information content (AvgIpc) is 3.14. The number of aliphatic hydroxyl groups is 1. The normalized spacial score (nSPS) is 14.9. The van der Waals surface area contributed by atoms with Crippen LogP contribution in [0.2, 0.25) is 0 Å². The Bertz CT molecular complexity index is 834. The summed E-state index contributed by atoms with van der Waals surface area (Å²) in [5.74, 6) is 2.20. The maximum Gasteiger partial charge on any atom is 0.180 e. The summed E-state index contributed by atoms with van der Waals surface area (Å²) in [4.78, 5) is 18.0. The molecule has 1 aliphatic rings. The number of hydrogen-bond acceptors (Lipinski definition) is 7. The number of pyridine rings is 1. The Kier molecular flexibility index (Phi) is 5.86. The van der Waals surface area contributed by atoms with Crippen LogP contribution in [0.15, 0.2) is 18.3 Å². The van der Waals surface area contributed by atoms with E-state index in [1.807, 2.05) is 36.0 Å². The van der Waals surface area contributed by atoms with Crippen molar-refractivity contribution in [2.45, 2.75) is 51.8 Å². The molecule has 7 nitrogen and oxygen atoms in total. The summed E-state index contributed by atoms with van der Waals surface area (Å²) >= 11 is 0. The molecule has 0 saturated carbocycles. The molecule has 0 aliphatic heterocycles. The second-order valence-electron chi connectivity index (χ2n) is 8.37. The van der Waals surface area contributed by atoms with Crippen LogP contribution >= 0.6 is 0 Å². The monoisotopic (exact) mass is 385 g/mol. The summed E-state index contributed by atoms with van der Waals surface area (Å²) in [7, 11) is 5.55. The number of nitrogens with zero attached hydrogens (tertiary/aromatic N) is 5. The predicted molar refractivity (Wildman–Crippen MR) is 111 cm³/mol. The predicted octanol–water partition coefficient (Wildman–Crippen LogP) is 2.52. The highest BCUT2D eigenvalue weighted by atomic mass is 16.5. The van der Waals surface area contributed by atoms with Gasteiger partial charge < -0.3 is 14.7 Å². The zero-order valence-corrected chi connectivity index (χ0v) is 17.7. The van der Waals surface area contributed by atoms with Gasteiger partial charge in [0.1, 0.15) is 23.5 Å². The number of hydrogen-bond donors (Lipinski definition) is 1. The van der Waals surface area contributed by atoms with Crippen molar-refractivity contribution in [1.29, 1.82) is 0 Å². The van der Waals surface area contributed by atoms with Gasteiger partial charge >= 0.3 is 0 Å². The van der Waals surface area contributed by atoms with Gasteiger partial charge in [-0.1, -0.05) is 0 Å². The van der Waals surface area contributed by atoms with E-state index < -0.39 is 6.23 Å². The number of likely N-dealkylation sites (N-methyl/N-ethyl adjacent to an activating group) is 2. The van der Waals surface area contributed by atoms with Crippen molar-refractivity contribution in [3.63, 3.8) is 0 Å². The van der Waals surface area contributed by atoms with Crippen LogP contribution in [0.3, 0.4) is 0 Å². The van der Waals surface area contributed by atoms with Gasteiger partial charge in [0.2, 0.25) is 0 Å². The van der Waals surface area contributed by atoms with E-state index >= 15 is 0 Å². The number of aromatic nitrogens is 3. The van der Waals surface area contributed by atoms with E-state index in [0.717, 1.165) is 36.5 Å². The molecule has 2 aromatic rings. The minimum Gasteiger partial charge on any atom is -0.497 e. The Morgan fingerprint density at radius 1 is 1.21 bits per heavy atom. The Balaban J connectivity index is 1.93. The molecule has 0 fully saturated rings. The number of anilines is 1. The molecule has 0 saturated heterocycles. The molecule has 0 spiro atoms. The molecule has 2 aromatic heterocycles. The zero-order valence-electron chi connectivity index (χ0n) is 17.7. The lowest BCUT2D eigenvalue weighted by Crippen LogP contribution is -2.50. The molecule has 1 N–H and O–H groups in total. The maximum atomic E-state index is 10.7. The highest BCUT2D eigenvalue weighted by Crippen LogP contribution is 2.31. The molecule has 0 bridgehead atoms. The lowest BCUT2D eigenvalue weighted by atomic mass is 10.1. The van der Waals surface area contributed by atoms with Crippen molar-refractivity contribution in [2.24, 2.45) is 0 Å². The second kappa shape index (κ2) is 8.01. The van der Waals surface area contributed by atoms with Crippen molar-refractivity contribution in [2.75, 3.05) is 32.6 Å². The first kappa shape index (κ1) is 20.5. The molecule has 7 heteroatoms. The summed E-state index contributed by atoms with van der Waals surface area (Å²) < 4.78 is 5.31. The third kappa shape index (κ3) is 4.25. The Hall–Kier alpha value is -2.25. The summed E-state index contributed by atoms with van der Waals surface area (Å²) in [6.07, 6.45) is 4.09. The lowest BCUT2D eigenvalue weighted by Gasteiger charge is -2.37. The van der Waals surface area contributed by atoms with Crippen molar-refractivity contribution >= 4 is 5.82 Å². The molecule has 2 heterocycles. The van der Waals surface area contributed by atoms with Crippen LogP contribution in [0.25, 0.3) is 11.5 Å². The third-order valence-corrected chi connectivity index (χ3v) is 5.41. The SMILES string of the molecule is COc1ccnc(-c2nc3c(c(N(C)CC(O)N(C)C(C)(C)C)n2)CCC3)c1. The molecule has 28 heavy (non-hydrogen) atoms. The van der Waals surface area contributed by atoms with E-state index in [1.54, 1.807) is 13.3 Å². The maximum absolute atomic E-state index is 10.7. The first-order valence-corrected chi connectivity index (χ1v) is 9.73. The Morgan fingerprint density at radius 2 is 1.96 bits per heavy atom. The van der Waals surface area contributed by atoms with Crippen LogP contribution in [0.1, 0.15) is 38.4 Å². The number of aryl methyl sites for hydroxylation is 1. The van der Waals surface area contributed by atoms with Gasteiger partial charge in [-0.25, -0.2) is 9.97 Å². The minimum absolute atomic E-state index is 0.121. The summed E-state index contributed by atoms with van der Waals surface area (Å²) in [6.45, 7) is 6.73. The molecule has 1 aliphatic carbocycles. The summed E-state index contributed by atoms with van der Waals surface area (Å²) in [6, 6.07) is 3.66. The molecule has 152 valence electrons. The molecule has 0 amide bonds. The number of rotatable bonds is 6. The first-order valence-electron chi connectivity index (χ1n) is 9.73. The molecule has 3 rings (SSSR count). The number of methoxy groups -OCH3 is 1. The van der Waals surface area contributed by atoms with Gasteiger partial charge in [-0.2, -0.15) is 0 Å². The zero-order chi connectivity index (χ0) is 20.5. The highest BCUT2D eigenvalue weighted by molar-refractivity contribution is 5.59. The van der Waals surface area contributed by atoms with Gasteiger partial charge in [-0.15, -0.1) is 0 Å². The van der Waals surface area contributed by atoms with Gasteiger partial charge in [0.05, 0.1) is 13.7 Å². The van der Waals surface area contributed by atoms with Crippen LogP contribution in [0.4, 0.5) is 5.82 Å². The van der Waals surface area contributed by atoms with Gasteiger partial charge in [0.15, 0.2) is 5.82 Å².